The number of anilines is 1. The van der Waals surface area contributed by atoms with Crippen LogP contribution in [0.4, 0.5) is 5.69 Å². The smallest absolute Gasteiger partial charge is 0.265 e. The molecule has 2 rings (SSSR count). The van der Waals surface area contributed by atoms with Gasteiger partial charge >= 0.3 is 0 Å². The van der Waals surface area contributed by atoms with Crippen molar-refractivity contribution in [1.29, 1.82) is 0 Å². The van der Waals surface area contributed by atoms with Crippen molar-refractivity contribution in [3.63, 3.8) is 0 Å². The van der Waals surface area contributed by atoms with Gasteiger partial charge in [0.1, 0.15) is 11.5 Å². The van der Waals surface area contributed by atoms with Gasteiger partial charge in [-0.15, -0.1) is 0 Å². The van der Waals surface area contributed by atoms with E-state index in [2.05, 4.69) is 5.32 Å². The maximum atomic E-state index is 12.6. The topological polar surface area (TPSA) is 47.6 Å². The molecular formula is C20H25NO3. The summed E-state index contributed by atoms with van der Waals surface area (Å²) < 4.78 is 11.2. The Bertz CT molecular complexity index is 725. The lowest BCUT2D eigenvalue weighted by Gasteiger charge is -2.19. The number of methoxy groups -OCH3 is 1. The monoisotopic (exact) mass is 327 g/mol. The third kappa shape index (κ3) is 4.28. The van der Waals surface area contributed by atoms with Crippen LogP contribution in [0.15, 0.2) is 36.4 Å². The fraction of sp³-hybridized carbons (Fsp3) is 0.350. The Balaban J connectivity index is 2.14. The summed E-state index contributed by atoms with van der Waals surface area (Å²) in [5.74, 6) is 1.16. The summed E-state index contributed by atoms with van der Waals surface area (Å²) in [6, 6.07) is 11.5. The van der Waals surface area contributed by atoms with E-state index in [-0.39, 0.29) is 5.91 Å². The highest BCUT2D eigenvalue weighted by Gasteiger charge is 2.20. The Morgan fingerprint density at radius 1 is 1.08 bits per heavy atom. The van der Waals surface area contributed by atoms with Crippen molar-refractivity contribution in [2.24, 2.45) is 0 Å². The van der Waals surface area contributed by atoms with Crippen LogP contribution in [0.3, 0.4) is 0 Å². The molecule has 0 aliphatic heterocycles. The van der Waals surface area contributed by atoms with Crippen LogP contribution in [0.1, 0.15) is 30.0 Å². The first-order valence-electron chi connectivity index (χ1n) is 8.14. The molecule has 1 atom stereocenters. The summed E-state index contributed by atoms with van der Waals surface area (Å²) in [4.78, 5) is 12.6. The number of hydrogen-bond donors (Lipinski definition) is 1. The third-order valence-electron chi connectivity index (χ3n) is 4.03. The standard InChI is InChI=1S/C20H25NO3/c1-6-18(24-16-9-8-14(3)15(4)12-16)20(22)21-17-11-13(2)7-10-19(17)23-5/h7-12,18H,6H2,1-5H3,(H,21,22)/t18-/m0/s1. The highest BCUT2D eigenvalue weighted by Crippen LogP contribution is 2.26. The molecule has 0 spiro atoms. The molecule has 2 aromatic carbocycles. The van der Waals surface area contributed by atoms with Crippen LogP contribution >= 0.6 is 0 Å². The molecule has 0 bridgehead atoms. The van der Waals surface area contributed by atoms with Gasteiger partial charge in [0.25, 0.3) is 5.91 Å². The largest absolute Gasteiger partial charge is 0.495 e. The van der Waals surface area contributed by atoms with Crippen molar-refractivity contribution in [2.45, 2.75) is 40.2 Å². The molecule has 0 unspecified atom stereocenters. The van der Waals surface area contributed by atoms with E-state index in [1.807, 2.05) is 64.1 Å². The molecule has 0 aliphatic carbocycles. The van der Waals surface area contributed by atoms with Crippen molar-refractivity contribution in [3.8, 4) is 11.5 Å². The lowest BCUT2D eigenvalue weighted by molar-refractivity contribution is -0.122. The number of aryl methyl sites for hydroxylation is 3. The molecule has 24 heavy (non-hydrogen) atoms. The Morgan fingerprint density at radius 2 is 1.83 bits per heavy atom. The summed E-state index contributed by atoms with van der Waals surface area (Å²) in [5, 5.41) is 2.91. The van der Waals surface area contributed by atoms with Gasteiger partial charge in [-0.25, -0.2) is 0 Å². The van der Waals surface area contributed by atoms with E-state index in [1.165, 1.54) is 5.56 Å². The molecule has 0 aromatic heterocycles. The number of carbonyl (C=O) groups excluding carboxylic acids is 1. The number of nitrogens with one attached hydrogen (secondary N) is 1. The first kappa shape index (κ1) is 17.9. The maximum absolute atomic E-state index is 12.6. The van der Waals surface area contributed by atoms with Crippen molar-refractivity contribution in [1.82, 2.24) is 0 Å². The molecule has 0 fully saturated rings. The average Bonchev–Trinajstić information content (AvgIpc) is 2.56. The fourth-order valence-electron chi connectivity index (χ4n) is 2.41. The molecule has 0 saturated heterocycles. The lowest BCUT2D eigenvalue weighted by Crippen LogP contribution is -2.32. The van der Waals surface area contributed by atoms with Gasteiger partial charge in [0.2, 0.25) is 0 Å². The first-order valence-corrected chi connectivity index (χ1v) is 8.14. The number of hydrogen-bond acceptors (Lipinski definition) is 3. The lowest BCUT2D eigenvalue weighted by atomic mass is 10.1. The van der Waals surface area contributed by atoms with Crippen LogP contribution in [0.5, 0.6) is 11.5 Å². The zero-order chi connectivity index (χ0) is 17.7. The fourth-order valence-corrected chi connectivity index (χ4v) is 2.41. The molecule has 0 aliphatic rings. The van der Waals surface area contributed by atoms with Crippen molar-refractivity contribution < 1.29 is 14.3 Å². The summed E-state index contributed by atoms with van der Waals surface area (Å²) >= 11 is 0. The van der Waals surface area contributed by atoms with Crippen molar-refractivity contribution >= 4 is 11.6 Å². The number of rotatable bonds is 6. The van der Waals surface area contributed by atoms with Crippen LogP contribution in [0, 0.1) is 20.8 Å². The predicted octanol–water partition coefficient (Wildman–Crippen LogP) is 4.42. The second kappa shape index (κ2) is 7.86. The van der Waals surface area contributed by atoms with E-state index in [9.17, 15) is 4.79 Å². The first-order chi connectivity index (χ1) is 11.4. The Kier molecular flexibility index (Phi) is 5.85. The third-order valence-corrected chi connectivity index (χ3v) is 4.03. The molecule has 4 heteroatoms. The van der Waals surface area contributed by atoms with E-state index >= 15 is 0 Å². The second-order valence-corrected chi connectivity index (χ2v) is 5.95. The molecule has 0 radical (unpaired) electrons. The molecule has 0 saturated carbocycles. The van der Waals surface area contributed by atoms with Crippen LogP contribution in [0.2, 0.25) is 0 Å². The van der Waals surface area contributed by atoms with Gasteiger partial charge in [0.15, 0.2) is 6.10 Å². The highest BCUT2D eigenvalue weighted by molar-refractivity contribution is 5.95. The van der Waals surface area contributed by atoms with Crippen LogP contribution < -0.4 is 14.8 Å². The van der Waals surface area contributed by atoms with Gasteiger partial charge in [0.05, 0.1) is 12.8 Å². The molecule has 1 N–H and O–H groups in total. The zero-order valence-electron chi connectivity index (χ0n) is 15.0. The van der Waals surface area contributed by atoms with E-state index in [4.69, 9.17) is 9.47 Å². The average molecular weight is 327 g/mol. The SMILES string of the molecule is CC[C@H](Oc1ccc(C)c(C)c1)C(=O)Nc1cc(C)ccc1OC. The Labute approximate surface area is 143 Å². The number of amides is 1. The molecule has 1 amide bonds. The van der Waals surface area contributed by atoms with E-state index in [0.717, 1.165) is 11.1 Å². The second-order valence-electron chi connectivity index (χ2n) is 5.95. The van der Waals surface area contributed by atoms with Crippen molar-refractivity contribution in [3.05, 3.63) is 53.1 Å². The van der Waals surface area contributed by atoms with Gasteiger partial charge in [-0.2, -0.15) is 0 Å². The van der Waals surface area contributed by atoms with Gasteiger partial charge in [-0.3, -0.25) is 4.79 Å². The molecular weight excluding hydrogens is 302 g/mol. The predicted molar refractivity (Wildman–Crippen MR) is 97.0 cm³/mol. The minimum absolute atomic E-state index is 0.181. The molecule has 2 aromatic rings. The molecule has 4 nitrogen and oxygen atoms in total. The minimum Gasteiger partial charge on any atom is -0.495 e. The number of carbonyl (C=O) groups is 1. The minimum atomic E-state index is -0.558. The Morgan fingerprint density at radius 3 is 2.46 bits per heavy atom. The normalized spacial score (nSPS) is 11.7. The zero-order valence-corrected chi connectivity index (χ0v) is 15.0. The molecule has 0 heterocycles. The number of ether oxygens (including phenoxy) is 2. The van der Waals surface area contributed by atoms with Crippen LogP contribution in [-0.2, 0) is 4.79 Å². The maximum Gasteiger partial charge on any atom is 0.265 e. The van der Waals surface area contributed by atoms with Gasteiger partial charge < -0.3 is 14.8 Å². The summed E-state index contributed by atoms with van der Waals surface area (Å²) in [7, 11) is 1.59. The number of benzene rings is 2. The molecule has 128 valence electrons. The summed E-state index contributed by atoms with van der Waals surface area (Å²) in [5.41, 5.74) is 4.05. The summed E-state index contributed by atoms with van der Waals surface area (Å²) in [6.45, 7) is 7.98. The summed E-state index contributed by atoms with van der Waals surface area (Å²) in [6.07, 6.45) is 0.0182. The van der Waals surface area contributed by atoms with Gasteiger partial charge in [0, 0.05) is 0 Å². The highest BCUT2D eigenvalue weighted by atomic mass is 16.5. The van der Waals surface area contributed by atoms with Crippen LogP contribution in [-0.4, -0.2) is 19.1 Å². The Hall–Kier alpha value is -2.49. The van der Waals surface area contributed by atoms with Crippen molar-refractivity contribution in [2.75, 3.05) is 12.4 Å². The van der Waals surface area contributed by atoms with Gasteiger partial charge in [-0.1, -0.05) is 19.1 Å². The van der Waals surface area contributed by atoms with Crippen LogP contribution in [0.25, 0.3) is 0 Å². The quantitative estimate of drug-likeness (QED) is 0.854. The van der Waals surface area contributed by atoms with E-state index < -0.39 is 6.10 Å². The van der Waals surface area contributed by atoms with E-state index in [0.29, 0.717) is 23.6 Å². The van der Waals surface area contributed by atoms with Gasteiger partial charge in [-0.05, 0) is 68.1 Å². The van der Waals surface area contributed by atoms with E-state index in [1.54, 1.807) is 7.11 Å².